The van der Waals surface area contributed by atoms with Gasteiger partial charge in [-0.25, -0.2) is 0 Å². The van der Waals surface area contributed by atoms with E-state index in [4.69, 9.17) is 9.47 Å². The average Bonchev–Trinajstić information content (AvgIpc) is 2.78. The van der Waals surface area contributed by atoms with E-state index in [0.717, 1.165) is 21.5 Å². The quantitative estimate of drug-likeness (QED) is 0.269. The summed E-state index contributed by atoms with van der Waals surface area (Å²) in [4.78, 5) is 25.2. The Morgan fingerprint density at radius 1 is 0.824 bits per heavy atom. The molecule has 0 fully saturated rings. The molecule has 4 aromatic carbocycles. The van der Waals surface area contributed by atoms with Gasteiger partial charge in [-0.3, -0.25) is 9.59 Å². The van der Waals surface area contributed by atoms with Crippen molar-refractivity contribution in [2.75, 3.05) is 0 Å². The van der Waals surface area contributed by atoms with Crippen LogP contribution in [0.2, 0.25) is 0 Å². The summed E-state index contributed by atoms with van der Waals surface area (Å²) in [5.41, 5.74) is 0.598. The van der Waals surface area contributed by atoms with E-state index in [1.54, 1.807) is 39.8 Å². The van der Waals surface area contributed by atoms with Crippen LogP contribution in [-0.4, -0.2) is 22.6 Å². The first-order valence-electron chi connectivity index (χ1n) is 11.3. The number of hydrogen-bond acceptors (Lipinski definition) is 5. The van der Waals surface area contributed by atoms with Gasteiger partial charge in [0, 0.05) is 11.1 Å². The molecule has 1 N–H and O–H groups in total. The highest BCUT2D eigenvalue weighted by Crippen LogP contribution is 2.45. The highest BCUT2D eigenvalue weighted by atomic mass is 16.6. The van der Waals surface area contributed by atoms with Crippen LogP contribution in [0.4, 0.5) is 0 Å². The average molecular weight is 457 g/mol. The minimum absolute atomic E-state index is 0.0848. The summed E-state index contributed by atoms with van der Waals surface area (Å²) < 4.78 is 11.2. The van der Waals surface area contributed by atoms with Gasteiger partial charge in [-0.1, -0.05) is 67.6 Å². The lowest BCUT2D eigenvalue weighted by molar-refractivity contribution is -0.158. The summed E-state index contributed by atoms with van der Waals surface area (Å²) in [5, 5.41) is 14.5. The lowest BCUT2D eigenvalue weighted by atomic mass is 9.92. The maximum absolute atomic E-state index is 13.0. The summed E-state index contributed by atoms with van der Waals surface area (Å²) in [6, 6.07) is 22.6. The van der Waals surface area contributed by atoms with E-state index >= 15 is 0 Å². The number of hydrogen-bond donors (Lipinski definition) is 1. The number of ether oxygens (including phenoxy) is 2. The molecule has 0 aliphatic heterocycles. The van der Waals surface area contributed by atoms with Crippen molar-refractivity contribution in [3.63, 3.8) is 0 Å². The monoisotopic (exact) mass is 456 g/mol. The smallest absolute Gasteiger partial charge is 0.314 e. The standard InChI is InChI=1S/C29H28O5/c1-18(17-25(31)34-29(2,3)4)28(32)33-24-16-14-20-10-6-8-12-22(20)27(24)26-21-11-7-5-9-19(21)13-15-23(26)30/h5-16,18,30H,17H2,1-4H3/t18-/m1/s1. The first-order valence-corrected chi connectivity index (χ1v) is 11.3. The van der Waals surface area contributed by atoms with E-state index in [1.165, 1.54) is 0 Å². The topological polar surface area (TPSA) is 72.8 Å². The van der Waals surface area contributed by atoms with Crippen molar-refractivity contribution in [3.8, 4) is 22.6 Å². The maximum Gasteiger partial charge on any atom is 0.314 e. The predicted molar refractivity (Wildman–Crippen MR) is 134 cm³/mol. The molecule has 174 valence electrons. The second-order valence-electron chi connectivity index (χ2n) is 9.45. The minimum atomic E-state index is -0.699. The van der Waals surface area contributed by atoms with Gasteiger partial charge in [0.1, 0.15) is 17.1 Å². The molecule has 5 nitrogen and oxygen atoms in total. The van der Waals surface area contributed by atoms with Gasteiger partial charge in [-0.05, 0) is 54.4 Å². The van der Waals surface area contributed by atoms with Gasteiger partial charge in [-0.2, -0.15) is 0 Å². The number of carbonyl (C=O) groups is 2. The molecular weight excluding hydrogens is 428 g/mol. The SMILES string of the molecule is C[C@H](CC(=O)OC(C)(C)C)C(=O)Oc1ccc2ccccc2c1-c1c(O)ccc2ccccc12. The van der Waals surface area contributed by atoms with Gasteiger partial charge in [-0.15, -0.1) is 0 Å². The molecule has 0 spiro atoms. The lowest BCUT2D eigenvalue weighted by Gasteiger charge is -2.21. The van der Waals surface area contributed by atoms with Gasteiger partial charge in [0.15, 0.2) is 0 Å². The third-order valence-electron chi connectivity index (χ3n) is 5.55. The van der Waals surface area contributed by atoms with Gasteiger partial charge in [0.2, 0.25) is 0 Å². The molecule has 0 saturated carbocycles. The molecular formula is C29H28O5. The number of phenols is 1. The molecule has 4 aromatic rings. The number of phenolic OH excluding ortho intramolecular Hbond substituents is 1. The molecule has 1 atom stereocenters. The van der Waals surface area contributed by atoms with Crippen molar-refractivity contribution in [2.24, 2.45) is 5.92 Å². The molecule has 4 rings (SSSR count). The summed E-state index contributed by atoms with van der Waals surface area (Å²) in [5.74, 6) is -1.28. The number of aromatic hydroxyl groups is 1. The van der Waals surface area contributed by atoms with Crippen molar-refractivity contribution < 1.29 is 24.2 Å². The van der Waals surface area contributed by atoms with Crippen LogP contribution in [0, 0.1) is 5.92 Å². The fourth-order valence-electron chi connectivity index (χ4n) is 4.04. The summed E-state index contributed by atoms with van der Waals surface area (Å²) >= 11 is 0. The van der Waals surface area contributed by atoms with Crippen molar-refractivity contribution >= 4 is 33.5 Å². The van der Waals surface area contributed by atoms with E-state index in [9.17, 15) is 14.7 Å². The van der Waals surface area contributed by atoms with Gasteiger partial charge < -0.3 is 14.6 Å². The Labute approximate surface area is 198 Å². The number of carbonyl (C=O) groups excluding carboxylic acids is 2. The van der Waals surface area contributed by atoms with Crippen LogP contribution in [0.3, 0.4) is 0 Å². The largest absolute Gasteiger partial charge is 0.507 e. The molecule has 0 aromatic heterocycles. The molecule has 0 aliphatic carbocycles. The Hall–Kier alpha value is -3.86. The zero-order valence-electron chi connectivity index (χ0n) is 19.8. The third-order valence-corrected chi connectivity index (χ3v) is 5.55. The van der Waals surface area contributed by atoms with Crippen LogP contribution in [0.1, 0.15) is 34.1 Å². The van der Waals surface area contributed by atoms with Crippen LogP contribution >= 0.6 is 0 Å². The molecule has 5 heteroatoms. The number of esters is 2. The Morgan fingerprint density at radius 2 is 1.38 bits per heavy atom. The molecule has 34 heavy (non-hydrogen) atoms. The van der Waals surface area contributed by atoms with Crippen LogP contribution in [0.25, 0.3) is 32.7 Å². The number of rotatable bonds is 5. The van der Waals surface area contributed by atoms with E-state index in [1.807, 2.05) is 60.7 Å². The summed E-state index contributed by atoms with van der Waals surface area (Å²) in [6.07, 6.45) is -0.0848. The first kappa shape index (κ1) is 23.3. The normalized spacial score (nSPS) is 12.5. The van der Waals surface area contributed by atoms with E-state index in [2.05, 4.69) is 0 Å². The lowest BCUT2D eigenvalue weighted by Crippen LogP contribution is -2.27. The Bertz CT molecular complexity index is 1380. The van der Waals surface area contributed by atoms with Crippen LogP contribution in [0.15, 0.2) is 72.8 Å². The molecule has 0 unspecified atom stereocenters. The summed E-state index contributed by atoms with van der Waals surface area (Å²) in [6.45, 7) is 6.99. The van der Waals surface area contributed by atoms with Gasteiger partial charge >= 0.3 is 11.9 Å². The molecule has 0 aliphatic rings. The predicted octanol–water partition coefficient (Wildman–Crippen LogP) is 6.64. The van der Waals surface area contributed by atoms with Gasteiger partial charge in [0.25, 0.3) is 0 Å². The minimum Gasteiger partial charge on any atom is -0.507 e. The zero-order chi connectivity index (χ0) is 24.5. The highest BCUT2D eigenvalue weighted by molar-refractivity contribution is 6.10. The number of fused-ring (bicyclic) bond motifs is 2. The molecule has 0 amide bonds. The highest BCUT2D eigenvalue weighted by Gasteiger charge is 2.25. The first-order chi connectivity index (χ1) is 16.1. The van der Waals surface area contributed by atoms with Crippen LogP contribution in [-0.2, 0) is 14.3 Å². The molecule has 0 radical (unpaired) electrons. The Kier molecular flexibility index (Phi) is 6.29. The van der Waals surface area contributed by atoms with Crippen molar-refractivity contribution in [3.05, 3.63) is 72.8 Å². The van der Waals surface area contributed by atoms with E-state index in [-0.39, 0.29) is 12.2 Å². The summed E-state index contributed by atoms with van der Waals surface area (Å²) in [7, 11) is 0. The van der Waals surface area contributed by atoms with Gasteiger partial charge in [0.05, 0.1) is 12.3 Å². The van der Waals surface area contributed by atoms with Crippen molar-refractivity contribution in [1.82, 2.24) is 0 Å². The molecule has 0 heterocycles. The van der Waals surface area contributed by atoms with Crippen molar-refractivity contribution in [2.45, 2.75) is 39.7 Å². The van der Waals surface area contributed by atoms with E-state index in [0.29, 0.717) is 16.9 Å². The molecule has 0 saturated heterocycles. The maximum atomic E-state index is 13.0. The van der Waals surface area contributed by atoms with Crippen LogP contribution in [0.5, 0.6) is 11.5 Å². The zero-order valence-corrected chi connectivity index (χ0v) is 19.8. The van der Waals surface area contributed by atoms with Crippen molar-refractivity contribution in [1.29, 1.82) is 0 Å². The second-order valence-corrected chi connectivity index (χ2v) is 9.45. The molecule has 0 bridgehead atoms. The van der Waals surface area contributed by atoms with Crippen LogP contribution < -0.4 is 4.74 Å². The number of benzene rings is 4. The fraction of sp³-hybridized carbons (Fsp3) is 0.241. The second kappa shape index (κ2) is 9.18. The Balaban J connectivity index is 1.78. The fourth-order valence-corrected chi connectivity index (χ4v) is 4.04. The van der Waals surface area contributed by atoms with E-state index < -0.39 is 23.5 Å². The third kappa shape index (κ3) is 4.88. The Morgan fingerprint density at radius 3 is 2.00 bits per heavy atom.